The largest absolute Gasteiger partial charge is 0.338 e. The van der Waals surface area contributed by atoms with Crippen molar-refractivity contribution in [1.29, 1.82) is 0 Å². The Balaban J connectivity index is 2.09. The third-order valence-electron chi connectivity index (χ3n) is 3.34. The number of benzene rings is 2. The number of Topliss-reactive ketones (excluding diaryl/α,β-unsaturated/α-hetero) is 1. The zero-order valence-corrected chi connectivity index (χ0v) is 12.5. The van der Waals surface area contributed by atoms with Crippen molar-refractivity contribution < 1.29 is 4.79 Å². The fourth-order valence-electron chi connectivity index (χ4n) is 2.28. The maximum absolute atomic E-state index is 11.5. The highest BCUT2D eigenvalue weighted by Gasteiger charge is 2.11. The second kappa shape index (κ2) is 5.22. The van der Waals surface area contributed by atoms with E-state index in [0.29, 0.717) is 16.4 Å². The molecule has 1 aromatic heterocycles. The lowest BCUT2D eigenvalue weighted by molar-refractivity contribution is 0.101. The topological polar surface area (TPSA) is 46.9 Å². The molecule has 0 aliphatic heterocycles. The summed E-state index contributed by atoms with van der Waals surface area (Å²) in [6.45, 7) is 1.56. The lowest BCUT2D eigenvalue weighted by atomic mass is 10.1. The molecule has 1 N–H and O–H groups in total. The SMILES string of the molecule is CC(=O)c1ccc2c(c1)c(Nc1cccc(Cl)c1)nn2C. The summed E-state index contributed by atoms with van der Waals surface area (Å²) in [5.41, 5.74) is 2.49. The van der Waals surface area contributed by atoms with Gasteiger partial charge in [-0.2, -0.15) is 5.10 Å². The Morgan fingerprint density at radius 3 is 2.76 bits per heavy atom. The first-order valence-electron chi connectivity index (χ1n) is 6.55. The summed E-state index contributed by atoms with van der Waals surface area (Å²) in [5.74, 6) is 0.743. The van der Waals surface area contributed by atoms with Gasteiger partial charge in [0.25, 0.3) is 0 Å². The Labute approximate surface area is 127 Å². The van der Waals surface area contributed by atoms with Crippen molar-refractivity contribution in [1.82, 2.24) is 9.78 Å². The monoisotopic (exact) mass is 299 g/mol. The van der Waals surface area contributed by atoms with E-state index in [9.17, 15) is 4.79 Å². The number of nitrogens with one attached hydrogen (secondary N) is 1. The van der Waals surface area contributed by atoms with Gasteiger partial charge in [0.1, 0.15) is 0 Å². The number of hydrogen-bond acceptors (Lipinski definition) is 3. The molecule has 0 fully saturated rings. The summed E-state index contributed by atoms with van der Waals surface area (Å²) >= 11 is 5.99. The maximum atomic E-state index is 11.5. The van der Waals surface area contributed by atoms with Gasteiger partial charge in [0.15, 0.2) is 11.6 Å². The van der Waals surface area contributed by atoms with Crippen LogP contribution in [-0.4, -0.2) is 15.6 Å². The summed E-state index contributed by atoms with van der Waals surface area (Å²) in [6.07, 6.45) is 0. The average molecular weight is 300 g/mol. The molecular formula is C16H14ClN3O. The van der Waals surface area contributed by atoms with Gasteiger partial charge in [0.05, 0.1) is 5.52 Å². The zero-order chi connectivity index (χ0) is 15.0. The van der Waals surface area contributed by atoms with Crippen LogP contribution in [0.5, 0.6) is 0 Å². The van der Waals surface area contributed by atoms with Crippen molar-refractivity contribution >= 4 is 39.8 Å². The van der Waals surface area contributed by atoms with E-state index in [4.69, 9.17) is 11.6 Å². The van der Waals surface area contributed by atoms with E-state index in [1.54, 1.807) is 11.6 Å². The molecule has 0 aliphatic carbocycles. The normalized spacial score (nSPS) is 10.8. The summed E-state index contributed by atoms with van der Waals surface area (Å²) in [4.78, 5) is 11.5. The number of rotatable bonds is 3. The molecule has 0 saturated heterocycles. The smallest absolute Gasteiger partial charge is 0.160 e. The lowest BCUT2D eigenvalue weighted by Crippen LogP contribution is -1.93. The number of carbonyl (C=O) groups excluding carboxylic acids is 1. The van der Waals surface area contributed by atoms with Crippen LogP contribution in [0.2, 0.25) is 5.02 Å². The fourth-order valence-corrected chi connectivity index (χ4v) is 2.47. The highest BCUT2D eigenvalue weighted by atomic mass is 35.5. The first-order chi connectivity index (χ1) is 10.0. The van der Waals surface area contributed by atoms with Gasteiger partial charge in [-0.15, -0.1) is 0 Å². The van der Waals surface area contributed by atoms with E-state index in [2.05, 4.69) is 10.4 Å². The minimum absolute atomic E-state index is 0.0365. The summed E-state index contributed by atoms with van der Waals surface area (Å²) < 4.78 is 1.78. The Kier molecular flexibility index (Phi) is 3.39. The van der Waals surface area contributed by atoms with E-state index in [0.717, 1.165) is 16.6 Å². The Hall–Kier alpha value is -2.33. The first kappa shape index (κ1) is 13.6. The van der Waals surface area contributed by atoms with Gasteiger partial charge in [-0.25, -0.2) is 0 Å². The van der Waals surface area contributed by atoms with Gasteiger partial charge in [-0.3, -0.25) is 9.48 Å². The standard InChI is InChI=1S/C16H14ClN3O/c1-10(21)11-6-7-15-14(8-11)16(19-20(15)2)18-13-5-3-4-12(17)9-13/h3-9H,1-2H3,(H,18,19). The molecule has 0 spiro atoms. The Morgan fingerprint density at radius 1 is 1.24 bits per heavy atom. The van der Waals surface area contributed by atoms with Crippen LogP contribution in [-0.2, 0) is 7.05 Å². The number of hydrogen-bond donors (Lipinski definition) is 1. The van der Waals surface area contributed by atoms with E-state index in [1.807, 2.05) is 49.5 Å². The quantitative estimate of drug-likeness (QED) is 0.738. The van der Waals surface area contributed by atoms with E-state index in [-0.39, 0.29) is 5.78 Å². The molecule has 1 heterocycles. The number of anilines is 2. The molecule has 0 bridgehead atoms. The van der Waals surface area contributed by atoms with E-state index >= 15 is 0 Å². The number of fused-ring (bicyclic) bond motifs is 1. The van der Waals surface area contributed by atoms with Crippen molar-refractivity contribution in [2.75, 3.05) is 5.32 Å². The average Bonchev–Trinajstić information content (AvgIpc) is 2.75. The number of ketones is 1. The van der Waals surface area contributed by atoms with Gasteiger partial charge >= 0.3 is 0 Å². The predicted octanol–water partition coefficient (Wildman–Crippen LogP) is 4.17. The molecule has 3 rings (SSSR count). The highest BCUT2D eigenvalue weighted by Crippen LogP contribution is 2.27. The van der Waals surface area contributed by atoms with Crippen molar-refractivity contribution in [3.63, 3.8) is 0 Å². The lowest BCUT2D eigenvalue weighted by Gasteiger charge is -2.04. The minimum atomic E-state index is 0.0365. The number of aromatic nitrogens is 2. The minimum Gasteiger partial charge on any atom is -0.338 e. The van der Waals surface area contributed by atoms with Gasteiger partial charge in [0, 0.05) is 28.7 Å². The van der Waals surface area contributed by atoms with Crippen LogP contribution < -0.4 is 5.32 Å². The molecular weight excluding hydrogens is 286 g/mol. The summed E-state index contributed by atoms with van der Waals surface area (Å²) in [7, 11) is 1.87. The summed E-state index contributed by atoms with van der Waals surface area (Å²) in [5, 5.41) is 9.28. The van der Waals surface area contributed by atoms with Gasteiger partial charge in [0.2, 0.25) is 0 Å². The van der Waals surface area contributed by atoms with Crippen LogP contribution >= 0.6 is 11.6 Å². The number of nitrogens with zero attached hydrogens (tertiary/aromatic N) is 2. The van der Waals surface area contributed by atoms with E-state index < -0.39 is 0 Å². The van der Waals surface area contributed by atoms with Gasteiger partial charge in [-0.05, 0) is 43.3 Å². The molecule has 0 atom stereocenters. The van der Waals surface area contributed by atoms with Crippen molar-refractivity contribution in [2.24, 2.45) is 7.05 Å². The van der Waals surface area contributed by atoms with Crippen LogP contribution in [0.4, 0.5) is 11.5 Å². The van der Waals surface area contributed by atoms with Crippen LogP contribution in [0, 0.1) is 0 Å². The number of aryl methyl sites for hydroxylation is 1. The fraction of sp³-hybridized carbons (Fsp3) is 0.125. The third-order valence-corrected chi connectivity index (χ3v) is 3.58. The number of halogens is 1. The molecule has 4 nitrogen and oxygen atoms in total. The van der Waals surface area contributed by atoms with E-state index in [1.165, 1.54) is 0 Å². The molecule has 106 valence electrons. The highest BCUT2D eigenvalue weighted by molar-refractivity contribution is 6.30. The van der Waals surface area contributed by atoms with Gasteiger partial charge < -0.3 is 5.32 Å². The molecule has 21 heavy (non-hydrogen) atoms. The number of carbonyl (C=O) groups is 1. The Bertz CT molecular complexity index is 839. The Morgan fingerprint density at radius 2 is 2.05 bits per heavy atom. The van der Waals surface area contributed by atoms with Crippen molar-refractivity contribution in [3.8, 4) is 0 Å². The molecule has 0 saturated carbocycles. The third kappa shape index (κ3) is 2.62. The van der Waals surface area contributed by atoms with Crippen LogP contribution in [0.3, 0.4) is 0 Å². The second-order valence-corrected chi connectivity index (χ2v) is 5.33. The van der Waals surface area contributed by atoms with Crippen LogP contribution in [0.25, 0.3) is 10.9 Å². The molecule has 0 aliphatic rings. The van der Waals surface area contributed by atoms with Crippen molar-refractivity contribution in [3.05, 3.63) is 53.1 Å². The second-order valence-electron chi connectivity index (χ2n) is 4.90. The van der Waals surface area contributed by atoms with Crippen molar-refractivity contribution in [2.45, 2.75) is 6.92 Å². The molecule has 2 aromatic carbocycles. The van der Waals surface area contributed by atoms with Gasteiger partial charge in [-0.1, -0.05) is 17.7 Å². The molecule has 0 radical (unpaired) electrons. The molecule has 3 aromatic rings. The molecule has 0 unspecified atom stereocenters. The molecule has 5 heteroatoms. The first-order valence-corrected chi connectivity index (χ1v) is 6.92. The molecule has 0 amide bonds. The zero-order valence-electron chi connectivity index (χ0n) is 11.7. The van der Waals surface area contributed by atoms with Crippen LogP contribution in [0.1, 0.15) is 17.3 Å². The maximum Gasteiger partial charge on any atom is 0.160 e. The summed E-state index contributed by atoms with van der Waals surface area (Å²) in [6, 6.07) is 13.0. The van der Waals surface area contributed by atoms with Crippen LogP contribution in [0.15, 0.2) is 42.5 Å². The predicted molar refractivity (Wildman–Crippen MR) is 85.5 cm³/mol.